The van der Waals surface area contributed by atoms with Crippen molar-refractivity contribution in [1.29, 1.82) is 0 Å². The molecule has 8 nitrogen and oxygen atoms in total. The number of nitrogens with zero attached hydrogens (tertiary/aromatic N) is 5. The monoisotopic (exact) mass is 318 g/mol. The third-order valence-electron chi connectivity index (χ3n) is 4.06. The zero-order valence-electron chi connectivity index (χ0n) is 13.7. The van der Waals surface area contributed by atoms with Crippen LogP contribution in [0, 0.1) is 6.92 Å². The van der Waals surface area contributed by atoms with Crippen LogP contribution in [0.25, 0.3) is 0 Å². The second-order valence-corrected chi connectivity index (χ2v) is 6.28. The van der Waals surface area contributed by atoms with E-state index in [4.69, 9.17) is 4.52 Å². The van der Waals surface area contributed by atoms with E-state index >= 15 is 0 Å². The lowest BCUT2D eigenvalue weighted by atomic mass is 10.1. The topological polar surface area (TPSA) is 98.7 Å². The van der Waals surface area contributed by atoms with E-state index in [2.05, 4.69) is 30.2 Å². The summed E-state index contributed by atoms with van der Waals surface area (Å²) < 4.78 is 7.23. The van der Waals surface area contributed by atoms with E-state index in [1.54, 1.807) is 0 Å². The first-order valence-corrected chi connectivity index (χ1v) is 8.03. The van der Waals surface area contributed by atoms with Crippen molar-refractivity contribution in [1.82, 2.24) is 30.2 Å². The van der Waals surface area contributed by atoms with Crippen LogP contribution in [0.5, 0.6) is 0 Å². The molecule has 0 unspecified atom stereocenters. The van der Waals surface area contributed by atoms with Gasteiger partial charge in [0.15, 0.2) is 5.82 Å². The van der Waals surface area contributed by atoms with E-state index in [0.29, 0.717) is 24.6 Å². The summed E-state index contributed by atoms with van der Waals surface area (Å²) in [5.41, 5.74) is 0. The van der Waals surface area contributed by atoms with Gasteiger partial charge in [0.2, 0.25) is 11.8 Å². The fourth-order valence-electron chi connectivity index (χ4n) is 2.70. The fraction of sp³-hybridized carbons (Fsp3) is 0.667. The molecule has 1 aliphatic heterocycles. The third kappa shape index (κ3) is 3.57. The highest BCUT2D eigenvalue weighted by molar-refractivity contribution is 5.76. The molecule has 1 N–H and O–H groups in total. The number of aromatic nitrogens is 5. The van der Waals surface area contributed by atoms with E-state index in [9.17, 15) is 4.79 Å². The summed E-state index contributed by atoms with van der Waals surface area (Å²) in [7, 11) is 0. The Labute approximate surface area is 134 Å². The van der Waals surface area contributed by atoms with Crippen LogP contribution in [0.1, 0.15) is 56.0 Å². The second-order valence-electron chi connectivity index (χ2n) is 6.28. The highest BCUT2D eigenvalue weighted by Crippen LogP contribution is 2.15. The van der Waals surface area contributed by atoms with Gasteiger partial charge in [-0.15, -0.1) is 10.2 Å². The highest BCUT2D eigenvalue weighted by atomic mass is 16.5. The Balaban J connectivity index is 1.49. The second kappa shape index (κ2) is 6.47. The lowest BCUT2D eigenvalue weighted by Crippen LogP contribution is -2.41. The molecule has 1 aliphatic rings. The number of aryl methyl sites for hydroxylation is 3. The molecule has 0 saturated heterocycles. The predicted octanol–water partition coefficient (Wildman–Crippen LogP) is 1.16. The minimum absolute atomic E-state index is 0.00785. The Morgan fingerprint density at radius 2 is 2.26 bits per heavy atom. The van der Waals surface area contributed by atoms with Gasteiger partial charge < -0.3 is 14.4 Å². The summed E-state index contributed by atoms with van der Waals surface area (Å²) in [6, 6.07) is 0.124. The van der Waals surface area contributed by atoms with Gasteiger partial charge in [-0.3, -0.25) is 4.79 Å². The fourth-order valence-corrected chi connectivity index (χ4v) is 2.70. The summed E-state index contributed by atoms with van der Waals surface area (Å²) in [6.07, 6.45) is 2.55. The summed E-state index contributed by atoms with van der Waals surface area (Å²) in [5.74, 6) is 3.33. The lowest BCUT2D eigenvalue weighted by molar-refractivity contribution is -0.122. The minimum atomic E-state index is 0.00785. The van der Waals surface area contributed by atoms with Crippen LogP contribution in [0.15, 0.2) is 4.52 Å². The quantitative estimate of drug-likeness (QED) is 0.888. The number of nitrogens with one attached hydrogen (secondary N) is 1. The van der Waals surface area contributed by atoms with E-state index in [-0.39, 0.29) is 17.9 Å². The number of fused-ring (bicyclic) bond motifs is 1. The molecule has 2 aromatic rings. The molecule has 1 amide bonds. The van der Waals surface area contributed by atoms with Crippen LogP contribution in [-0.2, 0) is 24.2 Å². The van der Waals surface area contributed by atoms with Crippen LogP contribution < -0.4 is 5.32 Å². The van der Waals surface area contributed by atoms with Gasteiger partial charge in [-0.1, -0.05) is 19.0 Å². The molecule has 0 aliphatic carbocycles. The number of amides is 1. The molecule has 3 heterocycles. The molecule has 0 bridgehead atoms. The zero-order chi connectivity index (χ0) is 16.4. The average molecular weight is 318 g/mol. The number of carbonyl (C=O) groups is 1. The Bertz CT molecular complexity index is 690. The molecule has 1 atom stereocenters. The Morgan fingerprint density at radius 1 is 1.43 bits per heavy atom. The Hall–Kier alpha value is -2.25. The minimum Gasteiger partial charge on any atom is -0.352 e. The van der Waals surface area contributed by atoms with Gasteiger partial charge in [0.05, 0.1) is 0 Å². The summed E-state index contributed by atoms with van der Waals surface area (Å²) in [6.45, 7) is 6.68. The van der Waals surface area contributed by atoms with E-state index < -0.39 is 0 Å². The van der Waals surface area contributed by atoms with Crippen molar-refractivity contribution >= 4 is 5.91 Å². The van der Waals surface area contributed by atoms with Crippen molar-refractivity contribution < 1.29 is 9.32 Å². The normalized spacial score (nSPS) is 17.3. The third-order valence-corrected chi connectivity index (χ3v) is 4.06. The van der Waals surface area contributed by atoms with Crippen molar-refractivity contribution in [2.75, 3.05) is 0 Å². The first-order chi connectivity index (χ1) is 11.0. The maximum absolute atomic E-state index is 12.1. The van der Waals surface area contributed by atoms with Gasteiger partial charge in [0.1, 0.15) is 11.6 Å². The van der Waals surface area contributed by atoms with Crippen molar-refractivity contribution in [3.63, 3.8) is 0 Å². The number of rotatable bonds is 5. The van der Waals surface area contributed by atoms with Gasteiger partial charge in [-0.05, 0) is 13.3 Å². The molecule has 0 fully saturated rings. The van der Waals surface area contributed by atoms with Gasteiger partial charge in [-0.2, -0.15) is 4.98 Å². The first-order valence-electron chi connectivity index (χ1n) is 8.03. The SMILES string of the molecule is Cc1nnc2n1C[C@H](NC(=O)CCc1nc(C(C)C)no1)CC2. The van der Waals surface area contributed by atoms with Crippen LogP contribution in [0.3, 0.4) is 0 Å². The molecule has 0 radical (unpaired) electrons. The van der Waals surface area contributed by atoms with Crippen molar-refractivity contribution in [2.24, 2.45) is 0 Å². The van der Waals surface area contributed by atoms with Crippen molar-refractivity contribution in [2.45, 2.75) is 65.0 Å². The molecule has 0 spiro atoms. The largest absolute Gasteiger partial charge is 0.352 e. The number of carbonyl (C=O) groups excluding carboxylic acids is 1. The van der Waals surface area contributed by atoms with Gasteiger partial charge in [0.25, 0.3) is 0 Å². The Morgan fingerprint density at radius 3 is 3.00 bits per heavy atom. The molecular weight excluding hydrogens is 296 g/mol. The smallest absolute Gasteiger partial charge is 0.227 e. The molecule has 124 valence electrons. The summed E-state index contributed by atoms with van der Waals surface area (Å²) >= 11 is 0. The van der Waals surface area contributed by atoms with Crippen LogP contribution >= 0.6 is 0 Å². The summed E-state index contributed by atoms with van der Waals surface area (Å²) in [5, 5.41) is 15.2. The molecule has 0 saturated carbocycles. The van der Waals surface area contributed by atoms with Crippen LogP contribution in [0.4, 0.5) is 0 Å². The number of hydrogen-bond acceptors (Lipinski definition) is 6. The molecular formula is C15H22N6O2. The van der Waals surface area contributed by atoms with E-state index in [1.165, 1.54) is 0 Å². The maximum Gasteiger partial charge on any atom is 0.227 e. The predicted molar refractivity (Wildman–Crippen MR) is 81.7 cm³/mol. The molecule has 23 heavy (non-hydrogen) atoms. The Kier molecular flexibility index (Phi) is 4.40. The lowest BCUT2D eigenvalue weighted by Gasteiger charge is -2.24. The summed E-state index contributed by atoms with van der Waals surface area (Å²) in [4.78, 5) is 16.4. The van der Waals surface area contributed by atoms with Crippen LogP contribution in [0.2, 0.25) is 0 Å². The van der Waals surface area contributed by atoms with Gasteiger partial charge in [0, 0.05) is 37.8 Å². The molecule has 8 heteroatoms. The maximum atomic E-state index is 12.1. The molecule has 0 aromatic carbocycles. The van der Waals surface area contributed by atoms with Gasteiger partial charge >= 0.3 is 0 Å². The average Bonchev–Trinajstić information content (AvgIpc) is 3.13. The molecule has 3 rings (SSSR count). The van der Waals surface area contributed by atoms with Crippen LogP contribution in [-0.4, -0.2) is 36.9 Å². The van der Waals surface area contributed by atoms with Gasteiger partial charge in [-0.25, -0.2) is 0 Å². The van der Waals surface area contributed by atoms with Crippen molar-refractivity contribution in [3.05, 3.63) is 23.4 Å². The molecule has 2 aromatic heterocycles. The van der Waals surface area contributed by atoms with E-state index in [0.717, 1.165) is 31.0 Å². The first kappa shape index (κ1) is 15.6. The number of hydrogen-bond donors (Lipinski definition) is 1. The highest BCUT2D eigenvalue weighted by Gasteiger charge is 2.22. The van der Waals surface area contributed by atoms with Crippen molar-refractivity contribution in [3.8, 4) is 0 Å². The standard InChI is InChI=1S/C15H22N6O2/c1-9(2)15-17-14(23-20-15)7-6-13(22)16-11-4-5-12-19-18-10(3)21(12)8-11/h9,11H,4-8H2,1-3H3,(H,16,22)/t11-/m1/s1. The zero-order valence-corrected chi connectivity index (χ0v) is 13.7. The van der Waals surface area contributed by atoms with E-state index in [1.807, 2.05) is 20.8 Å².